The van der Waals surface area contributed by atoms with Crippen molar-refractivity contribution >= 4 is 12.1 Å². The van der Waals surface area contributed by atoms with Crippen molar-refractivity contribution in [2.75, 3.05) is 6.61 Å². The van der Waals surface area contributed by atoms with E-state index in [9.17, 15) is 14.7 Å². The van der Waals surface area contributed by atoms with Crippen LogP contribution in [0.2, 0.25) is 0 Å². The minimum Gasteiger partial charge on any atom is -0.396 e. The summed E-state index contributed by atoms with van der Waals surface area (Å²) in [7, 11) is 0. The Bertz CT molecular complexity index is 954. The number of hydrogen-bond donors (Lipinski definition) is 1. The van der Waals surface area contributed by atoms with Gasteiger partial charge in [-0.1, -0.05) is 61.5 Å². The molecule has 0 saturated heterocycles. The molecule has 5 rings (SSSR count). The summed E-state index contributed by atoms with van der Waals surface area (Å²) in [4.78, 5) is 25.2. The normalized spacial score (nSPS) is 50.9. The van der Waals surface area contributed by atoms with E-state index >= 15 is 0 Å². The molecule has 0 aromatic carbocycles. The van der Waals surface area contributed by atoms with Crippen molar-refractivity contribution in [2.45, 2.75) is 107 Å². The summed E-state index contributed by atoms with van der Waals surface area (Å²) in [5, 5.41) is 10.8. The summed E-state index contributed by atoms with van der Waals surface area (Å²) in [5.41, 5.74) is 0.569. The Labute approximate surface area is 213 Å². The molecule has 0 heterocycles. The molecule has 4 fully saturated rings. The molecule has 3 heteroatoms. The van der Waals surface area contributed by atoms with Gasteiger partial charge in [0.2, 0.25) is 0 Å². The number of hydrogen-bond acceptors (Lipinski definition) is 3. The topological polar surface area (TPSA) is 54.4 Å². The number of carbonyl (C=O) groups is 2. The van der Waals surface area contributed by atoms with Crippen molar-refractivity contribution in [3.05, 3.63) is 11.6 Å². The Morgan fingerprint density at radius 1 is 0.914 bits per heavy atom. The van der Waals surface area contributed by atoms with Gasteiger partial charge in [0, 0.05) is 12.0 Å². The van der Waals surface area contributed by atoms with Crippen molar-refractivity contribution < 1.29 is 14.7 Å². The molecule has 196 valence electrons. The minimum atomic E-state index is -0.486. The predicted molar refractivity (Wildman–Crippen MR) is 141 cm³/mol. The highest BCUT2D eigenvalue weighted by atomic mass is 16.3. The summed E-state index contributed by atoms with van der Waals surface area (Å²) >= 11 is 0. The van der Waals surface area contributed by atoms with Gasteiger partial charge in [0.25, 0.3) is 0 Å². The second kappa shape index (κ2) is 7.55. The Hall–Kier alpha value is -0.960. The molecule has 5 aliphatic carbocycles. The van der Waals surface area contributed by atoms with Crippen LogP contribution in [0.15, 0.2) is 11.6 Å². The minimum absolute atomic E-state index is 0.0443. The third-order valence-corrected chi connectivity index (χ3v) is 13.5. The van der Waals surface area contributed by atoms with E-state index in [2.05, 4.69) is 61.5 Å². The van der Waals surface area contributed by atoms with Gasteiger partial charge >= 0.3 is 0 Å². The zero-order chi connectivity index (χ0) is 25.8. The number of aliphatic hydroxyl groups excluding tert-OH is 1. The molecule has 0 aromatic rings. The van der Waals surface area contributed by atoms with Crippen LogP contribution < -0.4 is 0 Å². The lowest BCUT2D eigenvalue weighted by molar-refractivity contribution is -0.225. The fourth-order valence-electron chi connectivity index (χ4n) is 11.6. The van der Waals surface area contributed by atoms with Crippen LogP contribution in [0.25, 0.3) is 0 Å². The maximum Gasteiger partial charge on any atom is 0.171 e. The van der Waals surface area contributed by atoms with Crippen LogP contribution in [-0.4, -0.2) is 23.8 Å². The third-order valence-electron chi connectivity index (χ3n) is 13.5. The van der Waals surface area contributed by atoms with E-state index < -0.39 is 5.41 Å². The molecule has 0 bridgehead atoms. The van der Waals surface area contributed by atoms with Gasteiger partial charge < -0.3 is 5.11 Å². The lowest BCUT2D eigenvalue weighted by Crippen LogP contribution is -2.66. The van der Waals surface area contributed by atoms with Crippen LogP contribution in [0.4, 0.5) is 0 Å². The second-order valence-corrected chi connectivity index (χ2v) is 15.9. The van der Waals surface area contributed by atoms with Gasteiger partial charge in [-0.25, -0.2) is 0 Å². The molecule has 0 aromatic heterocycles. The van der Waals surface area contributed by atoms with Crippen LogP contribution in [0.1, 0.15) is 107 Å². The first kappa shape index (κ1) is 25.7. The van der Waals surface area contributed by atoms with Crippen molar-refractivity contribution in [1.82, 2.24) is 0 Å². The first-order valence-electron chi connectivity index (χ1n) is 14.5. The molecular formula is C32H50O3. The Balaban J connectivity index is 1.60. The van der Waals surface area contributed by atoms with Gasteiger partial charge in [0.15, 0.2) is 12.1 Å². The monoisotopic (exact) mass is 482 g/mol. The van der Waals surface area contributed by atoms with E-state index in [-0.39, 0.29) is 32.9 Å². The molecule has 5 aliphatic rings. The molecule has 0 amide bonds. The summed E-state index contributed by atoms with van der Waals surface area (Å²) in [6.07, 6.45) is 12.4. The molecule has 0 unspecified atom stereocenters. The van der Waals surface area contributed by atoms with Gasteiger partial charge in [-0.15, -0.1) is 0 Å². The SMILES string of the molecule is CC(C)(C)[C@@H]1CC[C@]2(CO)CC[C@]3(C)[C@H](CC[C@@H]4[C@@]5(C)C=C(C=O)C(=O)C(C)(C)[C@@H]5CC[C@]43C)[C@@H]12. The number of aldehydes is 1. The average molecular weight is 483 g/mol. The van der Waals surface area contributed by atoms with E-state index in [1.165, 1.54) is 38.5 Å². The highest BCUT2D eigenvalue weighted by Crippen LogP contribution is 2.77. The maximum atomic E-state index is 13.2. The molecular weight excluding hydrogens is 432 g/mol. The molecule has 1 N–H and O–H groups in total. The molecule has 9 atom stereocenters. The van der Waals surface area contributed by atoms with E-state index in [1.807, 2.05) is 0 Å². The standard InChI is InChI=1S/C32H50O3/c1-27(2,3)21-11-14-32(19-34)16-15-30(7)22(25(21)32)9-10-24-29(6)17-20(18-33)26(35)28(4,5)23(29)12-13-31(24,30)8/h17-18,21-25,34H,9-16,19H2,1-8H3/t21-,22-,23+,24-,25-,29+,30-,31-,32-/m1/s1. The number of Topliss-reactive ketones (excluding diaryl/α,β-unsaturated/α-hetero) is 1. The summed E-state index contributed by atoms with van der Waals surface area (Å²) in [6, 6.07) is 0. The summed E-state index contributed by atoms with van der Waals surface area (Å²) in [5.74, 6) is 2.72. The zero-order valence-corrected chi connectivity index (χ0v) is 23.7. The first-order chi connectivity index (χ1) is 16.1. The Morgan fingerprint density at radius 2 is 1.60 bits per heavy atom. The fourth-order valence-corrected chi connectivity index (χ4v) is 11.6. The lowest BCUT2D eigenvalue weighted by Gasteiger charge is -2.72. The molecule has 0 spiro atoms. The summed E-state index contributed by atoms with van der Waals surface area (Å²) in [6.45, 7) is 19.4. The number of aliphatic hydroxyl groups is 1. The molecule has 0 aliphatic heterocycles. The molecule has 4 saturated carbocycles. The van der Waals surface area contributed by atoms with Gasteiger partial charge in [0.1, 0.15) is 0 Å². The molecule has 0 radical (unpaired) electrons. The maximum absolute atomic E-state index is 13.2. The fraction of sp³-hybridized carbons (Fsp3) is 0.875. The van der Waals surface area contributed by atoms with E-state index in [4.69, 9.17) is 0 Å². The Morgan fingerprint density at radius 3 is 2.20 bits per heavy atom. The van der Waals surface area contributed by atoms with Crippen LogP contribution in [0.3, 0.4) is 0 Å². The van der Waals surface area contributed by atoms with Gasteiger partial charge in [0.05, 0.1) is 5.57 Å². The van der Waals surface area contributed by atoms with Gasteiger partial charge in [-0.05, 0) is 108 Å². The predicted octanol–water partition coefficient (Wildman–Crippen LogP) is 7.02. The van der Waals surface area contributed by atoms with Crippen LogP contribution in [-0.2, 0) is 9.59 Å². The number of fused-ring (bicyclic) bond motifs is 7. The highest BCUT2D eigenvalue weighted by molar-refractivity contribution is 6.15. The Kier molecular flexibility index (Phi) is 5.54. The smallest absolute Gasteiger partial charge is 0.171 e. The van der Waals surface area contributed by atoms with E-state index in [0.29, 0.717) is 41.8 Å². The molecule has 3 nitrogen and oxygen atoms in total. The van der Waals surface area contributed by atoms with Crippen molar-refractivity contribution in [2.24, 2.45) is 62.1 Å². The van der Waals surface area contributed by atoms with Crippen LogP contribution in [0.5, 0.6) is 0 Å². The number of rotatable bonds is 2. The quantitative estimate of drug-likeness (QED) is 0.340. The third kappa shape index (κ3) is 3.06. The van der Waals surface area contributed by atoms with Crippen molar-refractivity contribution in [3.8, 4) is 0 Å². The summed E-state index contributed by atoms with van der Waals surface area (Å²) < 4.78 is 0. The van der Waals surface area contributed by atoms with E-state index in [1.54, 1.807) is 0 Å². The first-order valence-corrected chi connectivity index (χ1v) is 14.5. The van der Waals surface area contributed by atoms with E-state index in [0.717, 1.165) is 19.1 Å². The molecule has 35 heavy (non-hydrogen) atoms. The lowest BCUT2D eigenvalue weighted by atomic mass is 9.32. The van der Waals surface area contributed by atoms with Crippen LogP contribution >= 0.6 is 0 Å². The number of carbonyl (C=O) groups excluding carboxylic acids is 2. The second-order valence-electron chi connectivity index (χ2n) is 15.9. The zero-order valence-electron chi connectivity index (χ0n) is 23.7. The largest absolute Gasteiger partial charge is 0.396 e. The van der Waals surface area contributed by atoms with Crippen molar-refractivity contribution in [1.29, 1.82) is 0 Å². The van der Waals surface area contributed by atoms with Gasteiger partial charge in [-0.2, -0.15) is 0 Å². The van der Waals surface area contributed by atoms with Crippen LogP contribution in [0, 0.1) is 62.1 Å². The highest BCUT2D eigenvalue weighted by Gasteiger charge is 2.71. The average Bonchev–Trinajstić information content (AvgIpc) is 3.17. The van der Waals surface area contributed by atoms with Crippen molar-refractivity contribution in [3.63, 3.8) is 0 Å². The van der Waals surface area contributed by atoms with Gasteiger partial charge in [-0.3, -0.25) is 9.59 Å². The number of allylic oxidation sites excluding steroid dienone is 2. The number of ketones is 1.